The van der Waals surface area contributed by atoms with Crippen LogP contribution in [0.1, 0.15) is 20.3 Å². The van der Waals surface area contributed by atoms with Crippen molar-refractivity contribution in [2.75, 3.05) is 11.9 Å². The molecule has 0 saturated heterocycles. The summed E-state index contributed by atoms with van der Waals surface area (Å²) in [5.74, 6) is 0.535. The van der Waals surface area contributed by atoms with Crippen LogP contribution in [0.3, 0.4) is 0 Å². The minimum Gasteiger partial charge on any atom is -0.366 e. The Labute approximate surface area is 118 Å². The van der Waals surface area contributed by atoms with Crippen LogP contribution in [0.15, 0.2) is 48.1 Å². The SMILES string of the molecule is C/C=C\C=C(/CC)CNc1nc(F)nc2ccccc12. The second-order valence-corrected chi connectivity index (χ2v) is 4.42. The van der Waals surface area contributed by atoms with Crippen LogP contribution in [-0.4, -0.2) is 16.5 Å². The lowest BCUT2D eigenvalue weighted by Crippen LogP contribution is -2.08. The fourth-order valence-electron chi connectivity index (χ4n) is 1.91. The van der Waals surface area contributed by atoms with E-state index >= 15 is 0 Å². The first-order valence-electron chi connectivity index (χ1n) is 6.71. The first-order valence-corrected chi connectivity index (χ1v) is 6.71. The maximum Gasteiger partial charge on any atom is 0.311 e. The number of benzene rings is 1. The summed E-state index contributed by atoms with van der Waals surface area (Å²) < 4.78 is 13.4. The smallest absolute Gasteiger partial charge is 0.311 e. The Morgan fingerprint density at radius 3 is 2.85 bits per heavy atom. The zero-order chi connectivity index (χ0) is 14.4. The van der Waals surface area contributed by atoms with Gasteiger partial charge in [0.25, 0.3) is 0 Å². The Bertz CT molecular complexity index is 647. The molecular formula is C16H18FN3. The zero-order valence-electron chi connectivity index (χ0n) is 11.7. The van der Waals surface area contributed by atoms with Crippen molar-refractivity contribution in [3.8, 4) is 0 Å². The van der Waals surface area contributed by atoms with Crippen LogP contribution in [0.5, 0.6) is 0 Å². The van der Waals surface area contributed by atoms with Crippen molar-refractivity contribution >= 4 is 16.7 Å². The first-order chi connectivity index (χ1) is 9.74. The van der Waals surface area contributed by atoms with Gasteiger partial charge in [-0.25, -0.2) is 4.98 Å². The van der Waals surface area contributed by atoms with Crippen molar-refractivity contribution in [2.45, 2.75) is 20.3 Å². The van der Waals surface area contributed by atoms with Gasteiger partial charge in [-0.1, -0.05) is 42.9 Å². The van der Waals surface area contributed by atoms with Crippen molar-refractivity contribution in [3.05, 3.63) is 54.1 Å². The number of nitrogens with one attached hydrogen (secondary N) is 1. The number of hydrogen-bond acceptors (Lipinski definition) is 3. The monoisotopic (exact) mass is 271 g/mol. The molecule has 2 aromatic rings. The summed E-state index contributed by atoms with van der Waals surface area (Å²) in [7, 11) is 0. The second-order valence-electron chi connectivity index (χ2n) is 4.42. The Kier molecular flexibility index (Phi) is 4.82. The van der Waals surface area contributed by atoms with Gasteiger partial charge in [-0.05, 0) is 25.5 Å². The highest BCUT2D eigenvalue weighted by atomic mass is 19.1. The van der Waals surface area contributed by atoms with Crippen LogP contribution in [0.4, 0.5) is 10.2 Å². The molecule has 4 heteroatoms. The van der Waals surface area contributed by atoms with E-state index in [9.17, 15) is 4.39 Å². The number of halogens is 1. The molecule has 0 atom stereocenters. The maximum absolute atomic E-state index is 13.4. The van der Waals surface area contributed by atoms with Gasteiger partial charge >= 0.3 is 6.08 Å². The number of fused-ring (bicyclic) bond motifs is 1. The molecule has 0 unspecified atom stereocenters. The van der Waals surface area contributed by atoms with Crippen LogP contribution in [0.2, 0.25) is 0 Å². The molecule has 0 aliphatic heterocycles. The van der Waals surface area contributed by atoms with Crippen molar-refractivity contribution in [1.29, 1.82) is 0 Å². The Morgan fingerprint density at radius 1 is 1.30 bits per heavy atom. The third-order valence-corrected chi connectivity index (χ3v) is 3.04. The number of para-hydroxylation sites is 1. The van der Waals surface area contributed by atoms with Gasteiger partial charge in [0.15, 0.2) is 0 Å². The van der Waals surface area contributed by atoms with E-state index in [2.05, 4.69) is 28.3 Å². The maximum atomic E-state index is 13.4. The van der Waals surface area contributed by atoms with Gasteiger partial charge in [0.2, 0.25) is 0 Å². The molecule has 104 valence electrons. The summed E-state index contributed by atoms with van der Waals surface area (Å²) in [6, 6.07) is 7.40. The molecule has 0 spiro atoms. The third kappa shape index (κ3) is 3.41. The Morgan fingerprint density at radius 2 is 2.10 bits per heavy atom. The molecule has 1 N–H and O–H groups in total. The van der Waals surface area contributed by atoms with E-state index in [1.165, 1.54) is 5.57 Å². The van der Waals surface area contributed by atoms with Crippen LogP contribution < -0.4 is 5.32 Å². The topological polar surface area (TPSA) is 37.8 Å². The lowest BCUT2D eigenvalue weighted by molar-refractivity contribution is 0.546. The van der Waals surface area contributed by atoms with Gasteiger partial charge in [0, 0.05) is 11.9 Å². The fraction of sp³-hybridized carbons (Fsp3) is 0.250. The molecular weight excluding hydrogens is 253 g/mol. The number of hydrogen-bond donors (Lipinski definition) is 1. The van der Waals surface area contributed by atoms with Gasteiger partial charge in [-0.3, -0.25) is 0 Å². The number of allylic oxidation sites excluding steroid dienone is 3. The zero-order valence-corrected chi connectivity index (χ0v) is 11.7. The molecule has 20 heavy (non-hydrogen) atoms. The third-order valence-electron chi connectivity index (χ3n) is 3.04. The normalized spacial score (nSPS) is 12.2. The molecule has 0 saturated carbocycles. The molecule has 0 bridgehead atoms. The van der Waals surface area contributed by atoms with Crippen LogP contribution in [0, 0.1) is 6.08 Å². The van der Waals surface area contributed by atoms with E-state index in [0.29, 0.717) is 17.9 Å². The summed E-state index contributed by atoms with van der Waals surface area (Å²) in [6.45, 7) is 4.71. The average molecular weight is 271 g/mol. The van der Waals surface area contributed by atoms with Crippen LogP contribution >= 0.6 is 0 Å². The Hall–Kier alpha value is -2.23. The summed E-state index contributed by atoms with van der Waals surface area (Å²) in [5.41, 5.74) is 1.84. The largest absolute Gasteiger partial charge is 0.366 e. The van der Waals surface area contributed by atoms with Gasteiger partial charge < -0.3 is 5.32 Å². The molecule has 0 aliphatic carbocycles. The van der Waals surface area contributed by atoms with E-state index in [0.717, 1.165) is 11.8 Å². The highest BCUT2D eigenvalue weighted by Crippen LogP contribution is 2.20. The van der Waals surface area contributed by atoms with Gasteiger partial charge in [-0.2, -0.15) is 9.37 Å². The lowest BCUT2D eigenvalue weighted by Gasteiger charge is -2.10. The standard InChI is InChI=1S/C16H18FN3/c1-3-5-8-12(4-2)11-18-15-13-9-6-7-10-14(13)19-16(17)20-15/h3,5-10H,4,11H2,1-2H3,(H,18,19,20)/b5-3-,12-8+. The van der Waals surface area contributed by atoms with E-state index < -0.39 is 6.08 Å². The van der Waals surface area contributed by atoms with E-state index in [4.69, 9.17) is 0 Å². The van der Waals surface area contributed by atoms with Gasteiger partial charge in [0.05, 0.1) is 5.52 Å². The Balaban J connectivity index is 2.25. The number of anilines is 1. The molecule has 1 heterocycles. The molecule has 0 aliphatic rings. The molecule has 2 rings (SSSR count). The molecule has 1 aromatic heterocycles. The van der Waals surface area contributed by atoms with Crippen molar-refractivity contribution in [1.82, 2.24) is 9.97 Å². The average Bonchev–Trinajstić information content (AvgIpc) is 2.47. The van der Waals surface area contributed by atoms with Crippen molar-refractivity contribution in [3.63, 3.8) is 0 Å². The molecule has 0 radical (unpaired) electrons. The quantitative estimate of drug-likeness (QED) is 0.657. The van der Waals surface area contributed by atoms with Gasteiger partial charge in [0.1, 0.15) is 5.82 Å². The predicted molar refractivity (Wildman–Crippen MR) is 81.2 cm³/mol. The van der Waals surface area contributed by atoms with E-state index in [1.807, 2.05) is 37.3 Å². The highest BCUT2D eigenvalue weighted by Gasteiger charge is 2.06. The number of aromatic nitrogens is 2. The molecule has 0 amide bonds. The lowest BCUT2D eigenvalue weighted by atomic mass is 10.2. The molecule has 3 nitrogen and oxygen atoms in total. The second kappa shape index (κ2) is 6.80. The fourth-order valence-corrected chi connectivity index (χ4v) is 1.91. The molecule has 1 aromatic carbocycles. The van der Waals surface area contributed by atoms with Crippen LogP contribution in [0.25, 0.3) is 10.9 Å². The number of rotatable bonds is 5. The summed E-state index contributed by atoms with van der Waals surface area (Å²) in [5, 5.41) is 4.02. The first kappa shape index (κ1) is 14.2. The highest BCUT2D eigenvalue weighted by molar-refractivity contribution is 5.88. The summed E-state index contributed by atoms with van der Waals surface area (Å²) >= 11 is 0. The van der Waals surface area contributed by atoms with Crippen molar-refractivity contribution in [2.24, 2.45) is 0 Å². The number of nitrogens with zero attached hydrogens (tertiary/aromatic N) is 2. The summed E-state index contributed by atoms with van der Waals surface area (Å²) in [6.07, 6.45) is 6.27. The van der Waals surface area contributed by atoms with Crippen molar-refractivity contribution < 1.29 is 4.39 Å². The molecule has 0 fully saturated rings. The van der Waals surface area contributed by atoms with Gasteiger partial charge in [-0.15, -0.1) is 0 Å². The van der Waals surface area contributed by atoms with E-state index in [-0.39, 0.29) is 0 Å². The van der Waals surface area contributed by atoms with E-state index in [1.54, 1.807) is 6.07 Å². The van der Waals surface area contributed by atoms with Crippen LogP contribution in [-0.2, 0) is 0 Å². The summed E-state index contributed by atoms with van der Waals surface area (Å²) in [4.78, 5) is 7.64. The minimum absolute atomic E-state index is 0.535. The predicted octanol–water partition coefficient (Wildman–Crippen LogP) is 4.09. The minimum atomic E-state index is -0.707.